The van der Waals surface area contributed by atoms with Gasteiger partial charge in [-0.2, -0.15) is 0 Å². The van der Waals surface area contributed by atoms with Gasteiger partial charge in [-0.25, -0.2) is 18.7 Å². The number of carbonyl (C=O) groups is 1. The molecule has 0 spiro atoms. The van der Waals surface area contributed by atoms with Crippen molar-refractivity contribution in [2.45, 2.75) is 0 Å². The van der Waals surface area contributed by atoms with Crippen LogP contribution in [0.1, 0.15) is 10.5 Å². The SMILES string of the molecule is COc1ccc(Nc2cnc(C(=O)Nc3ccc(F)c(F)c3)cn2)cc1OC. The minimum Gasteiger partial charge on any atom is -0.493 e. The van der Waals surface area contributed by atoms with Crippen molar-refractivity contribution in [3.63, 3.8) is 0 Å². The Labute approximate surface area is 159 Å². The third kappa shape index (κ3) is 4.32. The molecule has 144 valence electrons. The summed E-state index contributed by atoms with van der Waals surface area (Å²) >= 11 is 0. The fourth-order valence-electron chi connectivity index (χ4n) is 2.34. The molecule has 0 bridgehead atoms. The molecule has 9 heteroatoms. The van der Waals surface area contributed by atoms with Crippen LogP contribution in [0, 0.1) is 11.6 Å². The molecule has 1 amide bonds. The van der Waals surface area contributed by atoms with E-state index in [9.17, 15) is 13.6 Å². The molecule has 0 aliphatic carbocycles. The minimum absolute atomic E-state index is 0.0163. The first-order chi connectivity index (χ1) is 13.5. The topological polar surface area (TPSA) is 85.4 Å². The lowest BCUT2D eigenvalue weighted by Crippen LogP contribution is -2.14. The number of nitrogens with one attached hydrogen (secondary N) is 2. The first kappa shape index (κ1) is 19.0. The van der Waals surface area contributed by atoms with E-state index in [1.165, 1.54) is 25.6 Å². The summed E-state index contributed by atoms with van der Waals surface area (Å²) in [5.41, 5.74) is 0.812. The van der Waals surface area contributed by atoms with Crippen molar-refractivity contribution in [2.75, 3.05) is 24.9 Å². The van der Waals surface area contributed by atoms with Gasteiger partial charge in [-0.1, -0.05) is 0 Å². The maximum Gasteiger partial charge on any atom is 0.275 e. The number of amides is 1. The predicted molar refractivity (Wildman–Crippen MR) is 99.2 cm³/mol. The van der Waals surface area contributed by atoms with E-state index in [1.807, 2.05) is 0 Å². The van der Waals surface area contributed by atoms with Crippen molar-refractivity contribution in [3.05, 3.63) is 66.1 Å². The molecule has 3 aromatic rings. The van der Waals surface area contributed by atoms with E-state index < -0.39 is 17.5 Å². The highest BCUT2D eigenvalue weighted by Gasteiger charge is 2.11. The second-order valence-corrected chi connectivity index (χ2v) is 5.56. The molecule has 1 heterocycles. The zero-order valence-corrected chi connectivity index (χ0v) is 15.0. The Bertz CT molecular complexity index is 997. The quantitative estimate of drug-likeness (QED) is 0.671. The van der Waals surface area contributed by atoms with E-state index in [0.29, 0.717) is 23.0 Å². The molecule has 0 unspecified atom stereocenters. The van der Waals surface area contributed by atoms with Gasteiger partial charge in [0.05, 0.1) is 26.6 Å². The van der Waals surface area contributed by atoms with E-state index in [-0.39, 0.29) is 11.4 Å². The number of benzene rings is 2. The average Bonchev–Trinajstić information content (AvgIpc) is 2.71. The maximum atomic E-state index is 13.2. The molecule has 2 N–H and O–H groups in total. The molecular formula is C19H16F2N4O3. The van der Waals surface area contributed by atoms with Crippen LogP contribution in [-0.4, -0.2) is 30.1 Å². The molecule has 1 aromatic heterocycles. The van der Waals surface area contributed by atoms with Crippen molar-refractivity contribution in [1.82, 2.24) is 9.97 Å². The van der Waals surface area contributed by atoms with Crippen molar-refractivity contribution >= 4 is 23.1 Å². The molecule has 7 nitrogen and oxygen atoms in total. The molecule has 0 atom stereocenters. The van der Waals surface area contributed by atoms with Crippen LogP contribution in [0.5, 0.6) is 11.5 Å². The summed E-state index contributed by atoms with van der Waals surface area (Å²) < 4.78 is 36.6. The zero-order valence-electron chi connectivity index (χ0n) is 15.0. The molecule has 0 radical (unpaired) electrons. The Kier molecular flexibility index (Phi) is 5.64. The summed E-state index contributed by atoms with van der Waals surface area (Å²) in [5.74, 6) is -1.12. The Hall–Kier alpha value is -3.75. The van der Waals surface area contributed by atoms with Crippen LogP contribution in [-0.2, 0) is 0 Å². The molecule has 0 aliphatic rings. The number of aromatic nitrogens is 2. The fourth-order valence-corrected chi connectivity index (χ4v) is 2.34. The van der Waals surface area contributed by atoms with Crippen LogP contribution in [0.2, 0.25) is 0 Å². The van der Waals surface area contributed by atoms with Gasteiger partial charge in [0.2, 0.25) is 0 Å². The van der Waals surface area contributed by atoms with E-state index in [2.05, 4.69) is 20.6 Å². The molecule has 0 saturated carbocycles. The monoisotopic (exact) mass is 386 g/mol. The summed E-state index contributed by atoms with van der Waals surface area (Å²) in [7, 11) is 3.07. The third-order valence-electron chi connectivity index (χ3n) is 3.72. The summed E-state index contributed by atoms with van der Waals surface area (Å²) in [5, 5.41) is 5.45. The summed E-state index contributed by atoms with van der Waals surface area (Å²) in [6.07, 6.45) is 2.63. The number of hydrogen-bond acceptors (Lipinski definition) is 6. The number of methoxy groups -OCH3 is 2. The predicted octanol–water partition coefficient (Wildman–Crippen LogP) is 3.77. The Morgan fingerprint density at radius 1 is 0.893 bits per heavy atom. The molecule has 28 heavy (non-hydrogen) atoms. The van der Waals surface area contributed by atoms with E-state index in [4.69, 9.17) is 9.47 Å². The van der Waals surface area contributed by atoms with Crippen LogP contribution in [0.4, 0.5) is 26.0 Å². The lowest BCUT2D eigenvalue weighted by Gasteiger charge is -2.11. The number of ether oxygens (including phenoxy) is 2. The highest BCUT2D eigenvalue weighted by atomic mass is 19.2. The van der Waals surface area contributed by atoms with Crippen LogP contribution in [0.25, 0.3) is 0 Å². The number of anilines is 3. The van der Waals surface area contributed by atoms with Crippen LogP contribution < -0.4 is 20.1 Å². The van der Waals surface area contributed by atoms with Gasteiger partial charge < -0.3 is 20.1 Å². The Morgan fingerprint density at radius 3 is 2.29 bits per heavy atom. The van der Waals surface area contributed by atoms with Crippen molar-refractivity contribution in [2.24, 2.45) is 0 Å². The van der Waals surface area contributed by atoms with Crippen LogP contribution in [0.3, 0.4) is 0 Å². The first-order valence-electron chi connectivity index (χ1n) is 8.07. The van der Waals surface area contributed by atoms with E-state index >= 15 is 0 Å². The standard InChI is InChI=1S/C19H16F2N4O3/c1-27-16-6-4-12(8-17(16)28-2)24-18-10-22-15(9-23-18)19(26)25-11-3-5-13(20)14(21)7-11/h3-10H,1-2H3,(H,23,24)(H,25,26). The highest BCUT2D eigenvalue weighted by molar-refractivity contribution is 6.02. The van der Waals surface area contributed by atoms with Gasteiger partial charge in [0.25, 0.3) is 5.91 Å². The summed E-state index contributed by atoms with van der Waals surface area (Å²) in [6.45, 7) is 0. The lowest BCUT2D eigenvalue weighted by atomic mass is 10.2. The van der Waals surface area contributed by atoms with Gasteiger partial charge in [0.1, 0.15) is 11.5 Å². The van der Waals surface area contributed by atoms with Crippen LogP contribution >= 0.6 is 0 Å². The largest absolute Gasteiger partial charge is 0.493 e. The normalized spacial score (nSPS) is 10.3. The lowest BCUT2D eigenvalue weighted by molar-refractivity contribution is 0.102. The molecule has 2 aromatic carbocycles. The first-order valence-corrected chi connectivity index (χ1v) is 8.07. The number of nitrogens with zero attached hydrogens (tertiary/aromatic N) is 2. The van der Waals surface area contributed by atoms with Gasteiger partial charge in [-0.15, -0.1) is 0 Å². The van der Waals surface area contributed by atoms with Crippen molar-refractivity contribution in [3.8, 4) is 11.5 Å². The third-order valence-corrected chi connectivity index (χ3v) is 3.72. The van der Waals surface area contributed by atoms with Gasteiger partial charge in [-0.3, -0.25) is 4.79 Å². The van der Waals surface area contributed by atoms with E-state index in [0.717, 1.165) is 12.1 Å². The Balaban J connectivity index is 1.69. The molecule has 0 aliphatic heterocycles. The van der Waals surface area contributed by atoms with Gasteiger partial charge in [-0.05, 0) is 24.3 Å². The second-order valence-electron chi connectivity index (χ2n) is 5.56. The zero-order chi connectivity index (χ0) is 20.1. The fraction of sp³-hybridized carbons (Fsp3) is 0.105. The minimum atomic E-state index is -1.06. The smallest absolute Gasteiger partial charge is 0.275 e. The van der Waals surface area contributed by atoms with E-state index in [1.54, 1.807) is 25.3 Å². The number of hydrogen-bond donors (Lipinski definition) is 2. The Morgan fingerprint density at radius 2 is 1.64 bits per heavy atom. The van der Waals surface area contributed by atoms with Crippen molar-refractivity contribution in [1.29, 1.82) is 0 Å². The number of halogens is 2. The van der Waals surface area contributed by atoms with Gasteiger partial charge >= 0.3 is 0 Å². The molecule has 0 saturated heterocycles. The maximum absolute atomic E-state index is 13.2. The molecule has 0 fully saturated rings. The van der Waals surface area contributed by atoms with Crippen LogP contribution in [0.15, 0.2) is 48.8 Å². The van der Waals surface area contributed by atoms with Gasteiger partial charge in [0, 0.05) is 23.5 Å². The molecule has 3 rings (SSSR count). The van der Waals surface area contributed by atoms with Crippen molar-refractivity contribution < 1.29 is 23.0 Å². The number of carbonyl (C=O) groups excluding carboxylic acids is 1. The summed E-state index contributed by atoms with van der Waals surface area (Å²) in [4.78, 5) is 20.3. The average molecular weight is 386 g/mol. The number of rotatable bonds is 6. The molecular weight excluding hydrogens is 370 g/mol. The van der Waals surface area contributed by atoms with Gasteiger partial charge in [0.15, 0.2) is 23.1 Å². The summed E-state index contributed by atoms with van der Waals surface area (Å²) in [6, 6.07) is 8.28. The highest BCUT2D eigenvalue weighted by Crippen LogP contribution is 2.30. The second kappa shape index (κ2) is 8.30.